The van der Waals surface area contributed by atoms with E-state index in [1.807, 2.05) is 6.92 Å². The van der Waals surface area contributed by atoms with Gasteiger partial charge in [0.2, 0.25) is 0 Å². The lowest BCUT2D eigenvalue weighted by atomic mass is 10.1. The van der Waals surface area contributed by atoms with Crippen molar-refractivity contribution >= 4 is 22.7 Å². The van der Waals surface area contributed by atoms with Gasteiger partial charge in [0.25, 0.3) is 0 Å². The lowest BCUT2D eigenvalue weighted by Gasteiger charge is -2.19. The normalized spacial score (nSPS) is 12.1. The zero-order valence-corrected chi connectivity index (χ0v) is 13.8. The van der Waals surface area contributed by atoms with E-state index >= 15 is 0 Å². The third-order valence-electron chi connectivity index (χ3n) is 2.72. The van der Waals surface area contributed by atoms with E-state index in [0.29, 0.717) is 0 Å². The molecule has 0 amide bonds. The Balaban J connectivity index is 2.04. The van der Waals surface area contributed by atoms with Crippen LogP contribution in [-0.2, 0) is 13.0 Å². The number of aryl methyl sites for hydroxylation is 2. The first-order valence-electron chi connectivity index (χ1n) is 6.45. The summed E-state index contributed by atoms with van der Waals surface area (Å²) in [7, 11) is 0. The van der Waals surface area contributed by atoms with Crippen LogP contribution in [0.25, 0.3) is 0 Å². The van der Waals surface area contributed by atoms with Gasteiger partial charge in [-0.05, 0) is 34.6 Å². The molecule has 0 fully saturated rings. The number of nitrogens with one attached hydrogen (secondary N) is 1. The van der Waals surface area contributed by atoms with E-state index in [0.717, 1.165) is 34.4 Å². The molecule has 0 aliphatic heterocycles. The maximum atomic E-state index is 4.66. The Morgan fingerprint density at radius 2 is 1.95 bits per heavy atom. The Morgan fingerprint density at radius 1 is 1.21 bits per heavy atom. The van der Waals surface area contributed by atoms with E-state index in [9.17, 15) is 0 Å². The van der Waals surface area contributed by atoms with E-state index in [1.165, 1.54) is 4.88 Å². The van der Waals surface area contributed by atoms with Crippen molar-refractivity contribution in [3.05, 3.63) is 31.7 Å². The Kier molecular flexibility index (Phi) is 4.38. The second-order valence-corrected chi connectivity index (χ2v) is 7.98. The molecule has 0 saturated carbocycles. The summed E-state index contributed by atoms with van der Waals surface area (Å²) >= 11 is 3.50. The molecule has 3 nitrogen and oxygen atoms in total. The summed E-state index contributed by atoms with van der Waals surface area (Å²) in [5, 5.41) is 7.93. The van der Waals surface area contributed by atoms with Gasteiger partial charge in [0.15, 0.2) is 0 Å². The molecule has 19 heavy (non-hydrogen) atoms. The van der Waals surface area contributed by atoms with E-state index in [1.54, 1.807) is 22.7 Å². The smallest absolute Gasteiger partial charge is 0.0991 e. The topological polar surface area (TPSA) is 37.8 Å². The molecule has 0 aliphatic carbocycles. The Bertz CT molecular complexity index is 549. The molecule has 0 bridgehead atoms. The summed E-state index contributed by atoms with van der Waals surface area (Å²) in [5.74, 6) is 0. The van der Waals surface area contributed by atoms with Crippen LogP contribution in [0.5, 0.6) is 0 Å². The standard InChI is InChI=1S/C14H21N3S2/c1-9-12(7-15-14(3,4)5)19-13(16-9)6-11-8-18-10(2)17-11/h8,15H,6-7H2,1-5H3. The summed E-state index contributed by atoms with van der Waals surface area (Å²) in [5.41, 5.74) is 2.41. The Hall–Kier alpha value is -0.780. The lowest BCUT2D eigenvalue weighted by Crippen LogP contribution is -2.34. The molecule has 0 radical (unpaired) electrons. The molecule has 2 aromatic heterocycles. The molecule has 0 atom stereocenters. The van der Waals surface area contributed by atoms with Crippen molar-refractivity contribution in [3.63, 3.8) is 0 Å². The molecule has 0 spiro atoms. The SMILES string of the molecule is Cc1nc(Cc2nc(C)c(CNC(C)(C)C)s2)cs1. The van der Waals surface area contributed by atoms with Crippen LogP contribution in [0.1, 0.15) is 47.1 Å². The molecule has 0 saturated heterocycles. The van der Waals surface area contributed by atoms with Gasteiger partial charge < -0.3 is 5.32 Å². The number of rotatable bonds is 4. The first-order chi connectivity index (χ1) is 8.83. The van der Waals surface area contributed by atoms with Crippen LogP contribution < -0.4 is 5.32 Å². The third kappa shape index (κ3) is 4.37. The molecule has 104 valence electrons. The summed E-state index contributed by atoms with van der Waals surface area (Å²) in [6.07, 6.45) is 0.853. The third-order valence-corrected chi connectivity index (χ3v) is 4.69. The monoisotopic (exact) mass is 295 g/mol. The van der Waals surface area contributed by atoms with E-state index in [2.05, 4.69) is 48.4 Å². The molecule has 2 aromatic rings. The average molecular weight is 295 g/mol. The molecule has 0 unspecified atom stereocenters. The second kappa shape index (κ2) is 5.69. The van der Waals surface area contributed by atoms with E-state index in [4.69, 9.17) is 0 Å². The molecular weight excluding hydrogens is 274 g/mol. The zero-order chi connectivity index (χ0) is 14.0. The van der Waals surface area contributed by atoms with Crippen LogP contribution in [0, 0.1) is 13.8 Å². The lowest BCUT2D eigenvalue weighted by molar-refractivity contribution is 0.425. The van der Waals surface area contributed by atoms with Gasteiger partial charge in [-0.25, -0.2) is 9.97 Å². The van der Waals surface area contributed by atoms with Gasteiger partial charge in [-0.2, -0.15) is 0 Å². The molecular formula is C14H21N3S2. The van der Waals surface area contributed by atoms with Crippen LogP contribution in [0.4, 0.5) is 0 Å². The maximum absolute atomic E-state index is 4.66. The molecule has 1 N–H and O–H groups in total. The summed E-state index contributed by atoms with van der Waals surface area (Å²) in [4.78, 5) is 10.5. The molecule has 0 aliphatic rings. The molecule has 0 aromatic carbocycles. The number of aromatic nitrogens is 2. The highest BCUT2D eigenvalue weighted by Crippen LogP contribution is 2.22. The van der Waals surface area contributed by atoms with Crippen LogP contribution in [0.15, 0.2) is 5.38 Å². The van der Waals surface area contributed by atoms with Crippen molar-refractivity contribution < 1.29 is 0 Å². The minimum atomic E-state index is 0.141. The highest BCUT2D eigenvalue weighted by molar-refractivity contribution is 7.11. The van der Waals surface area contributed by atoms with Crippen LogP contribution >= 0.6 is 22.7 Å². The van der Waals surface area contributed by atoms with Crippen molar-refractivity contribution in [1.82, 2.24) is 15.3 Å². The van der Waals surface area contributed by atoms with E-state index < -0.39 is 0 Å². The fourth-order valence-corrected chi connectivity index (χ4v) is 3.36. The first-order valence-corrected chi connectivity index (χ1v) is 8.14. The fourth-order valence-electron chi connectivity index (χ4n) is 1.72. The number of thiazole rings is 2. The average Bonchev–Trinajstić information content (AvgIpc) is 2.82. The van der Waals surface area contributed by atoms with Gasteiger partial charge in [0.1, 0.15) is 0 Å². The highest BCUT2D eigenvalue weighted by atomic mass is 32.1. The number of hydrogen-bond donors (Lipinski definition) is 1. The zero-order valence-electron chi connectivity index (χ0n) is 12.2. The minimum Gasteiger partial charge on any atom is -0.307 e. The predicted molar refractivity (Wildman–Crippen MR) is 83.1 cm³/mol. The van der Waals surface area contributed by atoms with Crippen molar-refractivity contribution in [3.8, 4) is 0 Å². The van der Waals surface area contributed by atoms with Crippen LogP contribution in [-0.4, -0.2) is 15.5 Å². The molecule has 2 heterocycles. The van der Waals surface area contributed by atoms with Gasteiger partial charge in [-0.15, -0.1) is 22.7 Å². The van der Waals surface area contributed by atoms with Crippen molar-refractivity contribution in [2.45, 2.75) is 53.1 Å². The van der Waals surface area contributed by atoms with Gasteiger partial charge >= 0.3 is 0 Å². The van der Waals surface area contributed by atoms with Gasteiger partial charge in [-0.1, -0.05) is 0 Å². The van der Waals surface area contributed by atoms with Crippen molar-refractivity contribution in [1.29, 1.82) is 0 Å². The molecule has 5 heteroatoms. The first kappa shape index (κ1) is 14.6. The van der Waals surface area contributed by atoms with Gasteiger partial charge in [-0.3, -0.25) is 0 Å². The number of hydrogen-bond acceptors (Lipinski definition) is 5. The quantitative estimate of drug-likeness (QED) is 0.934. The fraction of sp³-hybridized carbons (Fsp3) is 0.571. The summed E-state index contributed by atoms with van der Waals surface area (Å²) in [6.45, 7) is 11.6. The Labute approximate surface area is 123 Å². The van der Waals surface area contributed by atoms with Gasteiger partial charge in [0.05, 0.1) is 21.4 Å². The molecule has 2 rings (SSSR count). The predicted octanol–water partition coefficient (Wildman–Crippen LogP) is 3.70. The van der Waals surface area contributed by atoms with Crippen LogP contribution in [0.2, 0.25) is 0 Å². The minimum absolute atomic E-state index is 0.141. The number of nitrogens with zero attached hydrogens (tertiary/aromatic N) is 2. The summed E-state index contributed by atoms with van der Waals surface area (Å²) < 4.78 is 0. The highest BCUT2D eigenvalue weighted by Gasteiger charge is 2.13. The maximum Gasteiger partial charge on any atom is 0.0991 e. The van der Waals surface area contributed by atoms with Crippen LogP contribution in [0.3, 0.4) is 0 Å². The van der Waals surface area contributed by atoms with Crippen molar-refractivity contribution in [2.24, 2.45) is 0 Å². The van der Waals surface area contributed by atoms with E-state index in [-0.39, 0.29) is 5.54 Å². The second-order valence-electron chi connectivity index (χ2n) is 5.75. The van der Waals surface area contributed by atoms with Gasteiger partial charge in [0, 0.05) is 28.8 Å². The van der Waals surface area contributed by atoms with Crippen molar-refractivity contribution in [2.75, 3.05) is 0 Å². The largest absolute Gasteiger partial charge is 0.307 e. The summed E-state index contributed by atoms with van der Waals surface area (Å²) in [6, 6.07) is 0. The Morgan fingerprint density at radius 3 is 2.53 bits per heavy atom.